The lowest BCUT2D eigenvalue weighted by Crippen LogP contribution is -2.32. The van der Waals surface area contributed by atoms with E-state index in [1.807, 2.05) is 0 Å². The van der Waals surface area contributed by atoms with Crippen LogP contribution in [0, 0.1) is 16.7 Å². The van der Waals surface area contributed by atoms with Gasteiger partial charge in [0, 0.05) is 13.1 Å². The van der Waals surface area contributed by atoms with Crippen molar-refractivity contribution in [3.05, 3.63) is 0 Å². The van der Waals surface area contributed by atoms with Crippen molar-refractivity contribution in [3.63, 3.8) is 0 Å². The minimum absolute atomic E-state index is 0.451. The molecule has 0 N–H and O–H groups in total. The number of hydrogen-bond acceptors (Lipinski definition) is 1. The van der Waals surface area contributed by atoms with Gasteiger partial charge >= 0.3 is 0 Å². The molecule has 14 heavy (non-hydrogen) atoms. The smallest absolute Gasteiger partial charge is 0.00302 e. The van der Waals surface area contributed by atoms with Crippen LogP contribution in [0.4, 0.5) is 0 Å². The van der Waals surface area contributed by atoms with Crippen LogP contribution < -0.4 is 0 Å². The number of nitrogens with zero attached hydrogens (tertiary/aromatic N) is 1. The second-order valence-corrected chi connectivity index (χ2v) is 7.15. The summed E-state index contributed by atoms with van der Waals surface area (Å²) in [6.45, 7) is 18.0. The highest BCUT2D eigenvalue weighted by Crippen LogP contribution is 2.34. The molecule has 1 unspecified atom stereocenters. The van der Waals surface area contributed by atoms with Crippen molar-refractivity contribution >= 4 is 0 Å². The molecule has 1 aliphatic heterocycles. The summed E-state index contributed by atoms with van der Waals surface area (Å²) in [5, 5.41) is 0. The summed E-state index contributed by atoms with van der Waals surface area (Å²) in [5.74, 6) is 0.893. The van der Waals surface area contributed by atoms with E-state index in [2.05, 4.69) is 46.4 Å². The third-order valence-corrected chi connectivity index (χ3v) is 3.20. The Morgan fingerprint density at radius 2 is 1.64 bits per heavy atom. The Balaban J connectivity index is 2.42. The summed E-state index contributed by atoms with van der Waals surface area (Å²) >= 11 is 0. The standard InChI is InChI=1S/C13H27N/c1-12(2,3)10-14-8-7-11(9-14)13(4,5)6/h11H,7-10H2,1-6H3. The molecule has 0 aromatic rings. The summed E-state index contributed by atoms with van der Waals surface area (Å²) in [6, 6.07) is 0. The molecule has 0 amide bonds. The molecule has 1 heteroatoms. The molecule has 84 valence electrons. The van der Waals surface area contributed by atoms with Gasteiger partial charge in [-0.3, -0.25) is 0 Å². The maximum absolute atomic E-state index is 2.63. The van der Waals surface area contributed by atoms with Gasteiger partial charge in [-0.2, -0.15) is 0 Å². The summed E-state index contributed by atoms with van der Waals surface area (Å²) < 4.78 is 0. The van der Waals surface area contributed by atoms with Crippen LogP contribution in [-0.2, 0) is 0 Å². The average molecular weight is 197 g/mol. The summed E-state index contributed by atoms with van der Waals surface area (Å²) in [7, 11) is 0. The zero-order valence-corrected chi connectivity index (χ0v) is 10.9. The molecule has 1 nitrogen and oxygen atoms in total. The highest BCUT2D eigenvalue weighted by molar-refractivity contribution is 4.85. The third-order valence-electron chi connectivity index (χ3n) is 3.20. The van der Waals surface area contributed by atoms with Crippen LogP contribution in [0.15, 0.2) is 0 Å². The molecule has 0 aliphatic carbocycles. The van der Waals surface area contributed by atoms with E-state index in [-0.39, 0.29) is 0 Å². The molecule has 1 atom stereocenters. The van der Waals surface area contributed by atoms with Gasteiger partial charge in [0.2, 0.25) is 0 Å². The number of hydrogen-bond donors (Lipinski definition) is 0. The molecule has 0 aromatic heterocycles. The van der Waals surface area contributed by atoms with Crippen molar-refractivity contribution in [1.29, 1.82) is 0 Å². The van der Waals surface area contributed by atoms with Crippen LogP contribution in [0.5, 0.6) is 0 Å². The Kier molecular flexibility index (Phi) is 3.30. The van der Waals surface area contributed by atoms with Crippen molar-refractivity contribution in [1.82, 2.24) is 4.90 Å². The van der Waals surface area contributed by atoms with E-state index in [1.54, 1.807) is 0 Å². The highest BCUT2D eigenvalue weighted by Gasteiger charge is 2.32. The minimum atomic E-state index is 0.451. The highest BCUT2D eigenvalue weighted by atomic mass is 15.2. The molecule has 1 rings (SSSR count). The Hall–Kier alpha value is -0.0400. The fraction of sp³-hybridized carbons (Fsp3) is 1.00. The molecular formula is C13H27N. The lowest BCUT2D eigenvalue weighted by molar-refractivity contribution is 0.191. The van der Waals surface area contributed by atoms with E-state index < -0.39 is 0 Å². The largest absolute Gasteiger partial charge is 0.303 e. The fourth-order valence-electron chi connectivity index (χ4n) is 2.35. The predicted octanol–water partition coefficient (Wildman–Crippen LogP) is 3.40. The first-order chi connectivity index (χ1) is 6.18. The minimum Gasteiger partial charge on any atom is -0.303 e. The van der Waals surface area contributed by atoms with Crippen LogP contribution >= 0.6 is 0 Å². The quantitative estimate of drug-likeness (QED) is 0.623. The van der Waals surface area contributed by atoms with Crippen LogP contribution in [0.2, 0.25) is 0 Å². The first-order valence-corrected chi connectivity index (χ1v) is 5.91. The lowest BCUT2D eigenvalue weighted by Gasteiger charge is -2.29. The fourth-order valence-corrected chi connectivity index (χ4v) is 2.35. The monoisotopic (exact) mass is 197 g/mol. The van der Waals surface area contributed by atoms with Crippen LogP contribution in [0.25, 0.3) is 0 Å². The van der Waals surface area contributed by atoms with Gasteiger partial charge in [0.05, 0.1) is 0 Å². The van der Waals surface area contributed by atoms with Gasteiger partial charge in [0.15, 0.2) is 0 Å². The van der Waals surface area contributed by atoms with E-state index in [1.165, 1.54) is 26.1 Å². The molecular weight excluding hydrogens is 170 g/mol. The average Bonchev–Trinajstić information content (AvgIpc) is 2.29. The molecule has 0 radical (unpaired) electrons. The second kappa shape index (κ2) is 3.84. The van der Waals surface area contributed by atoms with Gasteiger partial charge in [-0.15, -0.1) is 0 Å². The van der Waals surface area contributed by atoms with Gasteiger partial charge in [0.25, 0.3) is 0 Å². The maximum atomic E-state index is 2.63. The van der Waals surface area contributed by atoms with Crippen molar-refractivity contribution < 1.29 is 0 Å². The van der Waals surface area contributed by atoms with E-state index in [4.69, 9.17) is 0 Å². The van der Waals surface area contributed by atoms with Gasteiger partial charge in [-0.1, -0.05) is 41.5 Å². The Morgan fingerprint density at radius 1 is 1.07 bits per heavy atom. The molecule has 1 saturated heterocycles. The van der Waals surface area contributed by atoms with Gasteiger partial charge in [0.1, 0.15) is 0 Å². The second-order valence-electron chi connectivity index (χ2n) is 7.15. The zero-order valence-electron chi connectivity index (χ0n) is 10.9. The Morgan fingerprint density at radius 3 is 2.00 bits per heavy atom. The van der Waals surface area contributed by atoms with Crippen LogP contribution in [-0.4, -0.2) is 24.5 Å². The van der Waals surface area contributed by atoms with Crippen LogP contribution in [0.3, 0.4) is 0 Å². The Bertz CT molecular complexity index is 182. The van der Waals surface area contributed by atoms with Crippen molar-refractivity contribution in [3.8, 4) is 0 Å². The summed E-state index contributed by atoms with van der Waals surface area (Å²) in [6.07, 6.45) is 1.39. The van der Waals surface area contributed by atoms with Gasteiger partial charge in [-0.25, -0.2) is 0 Å². The topological polar surface area (TPSA) is 3.24 Å². The predicted molar refractivity (Wildman–Crippen MR) is 63.5 cm³/mol. The molecule has 0 bridgehead atoms. The first-order valence-electron chi connectivity index (χ1n) is 5.91. The summed E-state index contributed by atoms with van der Waals surface area (Å²) in [4.78, 5) is 2.63. The van der Waals surface area contributed by atoms with Crippen molar-refractivity contribution in [2.75, 3.05) is 19.6 Å². The molecule has 0 spiro atoms. The zero-order chi connectivity index (χ0) is 11.0. The molecule has 1 heterocycles. The Labute approximate surface area is 89.9 Å². The normalized spacial score (nSPS) is 25.7. The van der Waals surface area contributed by atoms with Gasteiger partial charge < -0.3 is 4.90 Å². The molecule has 0 saturated carbocycles. The molecule has 1 aliphatic rings. The van der Waals surface area contributed by atoms with Crippen molar-refractivity contribution in [2.45, 2.75) is 48.0 Å². The third kappa shape index (κ3) is 3.61. The van der Waals surface area contributed by atoms with Gasteiger partial charge in [-0.05, 0) is 29.7 Å². The van der Waals surface area contributed by atoms with Crippen LogP contribution in [0.1, 0.15) is 48.0 Å². The molecule has 1 fully saturated rings. The van der Waals surface area contributed by atoms with E-state index in [9.17, 15) is 0 Å². The maximum Gasteiger partial charge on any atom is 0.00302 e. The number of rotatable bonds is 1. The van der Waals surface area contributed by atoms with E-state index in [0.717, 1.165) is 5.92 Å². The summed E-state index contributed by atoms with van der Waals surface area (Å²) in [5.41, 5.74) is 0.944. The van der Waals surface area contributed by atoms with E-state index >= 15 is 0 Å². The first kappa shape index (κ1) is 12.0. The molecule has 0 aromatic carbocycles. The lowest BCUT2D eigenvalue weighted by atomic mass is 9.80. The van der Waals surface area contributed by atoms with E-state index in [0.29, 0.717) is 10.8 Å². The SMILES string of the molecule is CC(C)(C)CN1CCC(C(C)(C)C)C1. The van der Waals surface area contributed by atoms with Crippen molar-refractivity contribution in [2.24, 2.45) is 16.7 Å². The number of likely N-dealkylation sites (tertiary alicyclic amines) is 1.